The van der Waals surface area contributed by atoms with E-state index >= 15 is 0 Å². The van der Waals surface area contributed by atoms with Crippen molar-refractivity contribution >= 4 is 11.8 Å². The van der Waals surface area contributed by atoms with E-state index in [0.29, 0.717) is 25.8 Å². The van der Waals surface area contributed by atoms with E-state index in [1.54, 1.807) is 11.8 Å². The Labute approximate surface area is 124 Å². The predicted molar refractivity (Wildman–Crippen MR) is 78.6 cm³/mol. The average Bonchev–Trinajstić information content (AvgIpc) is 3.20. The summed E-state index contributed by atoms with van der Waals surface area (Å²) < 4.78 is 13.3. The zero-order valence-corrected chi connectivity index (χ0v) is 13.1. The lowest BCUT2D eigenvalue weighted by Gasteiger charge is -2.16. The van der Waals surface area contributed by atoms with Crippen LogP contribution in [0.3, 0.4) is 0 Å². The number of hydrogen-bond donors (Lipinski definition) is 1. The number of nitrogens with two attached hydrogens (primary N) is 1. The third-order valence-corrected chi connectivity index (χ3v) is 4.10. The molecule has 2 rings (SSSR count). The van der Waals surface area contributed by atoms with Crippen LogP contribution in [0.4, 0.5) is 0 Å². The maximum Gasteiger partial charge on any atom is 0.191 e. The highest BCUT2D eigenvalue weighted by atomic mass is 32.2. The van der Waals surface area contributed by atoms with Gasteiger partial charge in [-0.05, 0) is 26.7 Å². The Morgan fingerprint density at radius 2 is 2.00 bits per heavy atom. The molecule has 0 unspecified atom stereocenters. The first kappa shape index (κ1) is 15.8. The Bertz CT molecular complexity index is 403. The van der Waals surface area contributed by atoms with Crippen LogP contribution in [0.25, 0.3) is 0 Å². The minimum Gasteiger partial charge on any atom is -0.353 e. The van der Waals surface area contributed by atoms with Gasteiger partial charge in [0, 0.05) is 31.4 Å². The number of ether oxygens (including phenoxy) is 2. The van der Waals surface area contributed by atoms with Crippen molar-refractivity contribution < 1.29 is 9.47 Å². The topological polar surface area (TPSA) is 75.2 Å². The van der Waals surface area contributed by atoms with Crippen LogP contribution in [0.15, 0.2) is 5.16 Å². The number of thioether (sulfide) groups is 1. The molecule has 1 aromatic rings. The Morgan fingerprint density at radius 3 is 2.55 bits per heavy atom. The lowest BCUT2D eigenvalue weighted by atomic mass is 10.5. The van der Waals surface area contributed by atoms with Gasteiger partial charge in [0.05, 0.1) is 6.54 Å². The van der Waals surface area contributed by atoms with Gasteiger partial charge in [0.15, 0.2) is 11.4 Å². The van der Waals surface area contributed by atoms with E-state index in [2.05, 4.69) is 14.8 Å². The predicted octanol–water partition coefficient (Wildman–Crippen LogP) is 1.95. The molecule has 1 aliphatic carbocycles. The molecule has 20 heavy (non-hydrogen) atoms. The molecule has 114 valence electrons. The summed E-state index contributed by atoms with van der Waals surface area (Å²) in [5, 5.41) is 9.39. The van der Waals surface area contributed by atoms with E-state index in [9.17, 15) is 0 Å². The van der Waals surface area contributed by atoms with E-state index in [0.717, 1.165) is 23.2 Å². The maximum absolute atomic E-state index is 5.71. The van der Waals surface area contributed by atoms with Crippen molar-refractivity contribution in [3.63, 3.8) is 0 Å². The third-order valence-electron chi connectivity index (χ3n) is 3.12. The van der Waals surface area contributed by atoms with Crippen molar-refractivity contribution in [1.82, 2.24) is 14.8 Å². The lowest BCUT2D eigenvalue weighted by molar-refractivity contribution is -0.136. The molecule has 7 heteroatoms. The molecular weight excluding hydrogens is 276 g/mol. The van der Waals surface area contributed by atoms with Crippen LogP contribution in [0, 0.1) is 0 Å². The minimum atomic E-state index is -0.122. The zero-order chi connectivity index (χ0) is 14.4. The number of rotatable bonds is 10. The Morgan fingerprint density at radius 1 is 1.30 bits per heavy atom. The molecule has 6 nitrogen and oxygen atoms in total. The van der Waals surface area contributed by atoms with Crippen molar-refractivity contribution in [2.75, 3.05) is 19.0 Å². The molecule has 0 radical (unpaired) electrons. The van der Waals surface area contributed by atoms with Gasteiger partial charge in [0.1, 0.15) is 5.82 Å². The lowest BCUT2D eigenvalue weighted by Crippen LogP contribution is -2.18. The van der Waals surface area contributed by atoms with Crippen molar-refractivity contribution in [3.8, 4) is 0 Å². The molecule has 0 spiro atoms. The van der Waals surface area contributed by atoms with Crippen molar-refractivity contribution in [2.45, 2.75) is 57.1 Å². The third kappa shape index (κ3) is 4.18. The van der Waals surface area contributed by atoms with Gasteiger partial charge in [-0.25, -0.2) is 0 Å². The summed E-state index contributed by atoms with van der Waals surface area (Å²) in [6.45, 7) is 5.76. The fourth-order valence-electron chi connectivity index (χ4n) is 2.08. The second-order valence-electron chi connectivity index (χ2n) is 4.68. The van der Waals surface area contributed by atoms with Gasteiger partial charge in [0.25, 0.3) is 0 Å². The van der Waals surface area contributed by atoms with Crippen LogP contribution in [-0.4, -0.2) is 40.0 Å². The summed E-state index contributed by atoms with van der Waals surface area (Å²) in [6.07, 6.45) is 3.14. The molecule has 0 saturated heterocycles. The Kier molecular flexibility index (Phi) is 6.28. The molecule has 1 aliphatic rings. The molecular formula is C13H24N4O2S. The van der Waals surface area contributed by atoms with Crippen molar-refractivity contribution in [2.24, 2.45) is 5.73 Å². The van der Waals surface area contributed by atoms with Gasteiger partial charge in [-0.1, -0.05) is 11.8 Å². The molecule has 1 heterocycles. The summed E-state index contributed by atoms with van der Waals surface area (Å²) in [5.74, 6) is 1.79. The largest absolute Gasteiger partial charge is 0.353 e. The van der Waals surface area contributed by atoms with Gasteiger partial charge in [-0.3, -0.25) is 0 Å². The standard InChI is InChI=1S/C13H24N4O2S/c1-3-18-12(19-4-2)7-8-20-13-16-15-11(9-14)17(13)10-5-6-10/h10,12H,3-9,14H2,1-2H3. The van der Waals surface area contributed by atoms with E-state index in [4.69, 9.17) is 15.2 Å². The minimum absolute atomic E-state index is 0.122. The molecule has 1 fully saturated rings. The average molecular weight is 300 g/mol. The quantitative estimate of drug-likeness (QED) is 0.526. The van der Waals surface area contributed by atoms with Crippen LogP contribution < -0.4 is 5.73 Å². The molecule has 2 N–H and O–H groups in total. The second-order valence-corrected chi connectivity index (χ2v) is 5.74. The molecule has 1 saturated carbocycles. The fraction of sp³-hybridized carbons (Fsp3) is 0.846. The van der Waals surface area contributed by atoms with Gasteiger partial charge >= 0.3 is 0 Å². The molecule has 0 amide bonds. The van der Waals surface area contributed by atoms with Gasteiger partial charge < -0.3 is 19.8 Å². The van der Waals surface area contributed by atoms with Crippen molar-refractivity contribution in [1.29, 1.82) is 0 Å². The molecule has 0 atom stereocenters. The van der Waals surface area contributed by atoms with Crippen LogP contribution in [0.2, 0.25) is 0 Å². The van der Waals surface area contributed by atoms with E-state index in [-0.39, 0.29) is 6.29 Å². The Hall–Kier alpha value is -0.630. The summed E-state index contributed by atoms with van der Waals surface area (Å²) in [6, 6.07) is 0.556. The van der Waals surface area contributed by atoms with Crippen molar-refractivity contribution in [3.05, 3.63) is 5.82 Å². The fourth-order valence-corrected chi connectivity index (χ4v) is 3.06. The smallest absolute Gasteiger partial charge is 0.191 e. The second kappa shape index (κ2) is 7.97. The van der Waals surface area contributed by atoms with Crippen LogP contribution in [-0.2, 0) is 16.0 Å². The van der Waals surface area contributed by atoms with Gasteiger partial charge in [-0.2, -0.15) is 0 Å². The highest BCUT2D eigenvalue weighted by Gasteiger charge is 2.29. The first-order valence-corrected chi connectivity index (χ1v) is 8.28. The maximum atomic E-state index is 5.71. The molecule has 0 aromatic carbocycles. The highest BCUT2D eigenvalue weighted by Crippen LogP contribution is 2.38. The Balaban J connectivity index is 1.85. The molecule has 0 bridgehead atoms. The van der Waals surface area contributed by atoms with E-state index in [1.165, 1.54) is 12.8 Å². The SMILES string of the molecule is CCOC(CCSc1nnc(CN)n1C1CC1)OCC. The summed E-state index contributed by atoms with van der Waals surface area (Å²) >= 11 is 1.71. The van der Waals surface area contributed by atoms with Crippen LogP contribution in [0.5, 0.6) is 0 Å². The van der Waals surface area contributed by atoms with E-state index < -0.39 is 0 Å². The summed E-state index contributed by atoms with van der Waals surface area (Å²) in [5.41, 5.74) is 5.71. The summed E-state index contributed by atoms with van der Waals surface area (Å²) in [4.78, 5) is 0. The number of aromatic nitrogens is 3. The van der Waals surface area contributed by atoms with E-state index in [1.807, 2.05) is 13.8 Å². The normalized spacial score (nSPS) is 15.2. The monoisotopic (exact) mass is 300 g/mol. The van der Waals surface area contributed by atoms with Gasteiger partial charge in [0.2, 0.25) is 0 Å². The van der Waals surface area contributed by atoms with Crippen LogP contribution >= 0.6 is 11.8 Å². The summed E-state index contributed by atoms with van der Waals surface area (Å²) in [7, 11) is 0. The van der Waals surface area contributed by atoms with Gasteiger partial charge in [-0.15, -0.1) is 10.2 Å². The molecule has 0 aliphatic heterocycles. The number of nitrogens with zero attached hydrogens (tertiary/aromatic N) is 3. The van der Waals surface area contributed by atoms with Crippen LogP contribution in [0.1, 0.15) is 45.0 Å². The zero-order valence-electron chi connectivity index (χ0n) is 12.2. The number of hydrogen-bond acceptors (Lipinski definition) is 6. The highest BCUT2D eigenvalue weighted by molar-refractivity contribution is 7.99. The first-order chi connectivity index (χ1) is 9.80. The first-order valence-electron chi connectivity index (χ1n) is 7.29. The molecule has 1 aromatic heterocycles.